The molecule has 0 aliphatic rings. The summed E-state index contributed by atoms with van der Waals surface area (Å²) in [5.74, 6) is 0.169. The lowest BCUT2D eigenvalue weighted by atomic mass is 10.1. The van der Waals surface area contributed by atoms with Gasteiger partial charge in [-0.05, 0) is 26.1 Å². The van der Waals surface area contributed by atoms with Crippen LogP contribution in [-0.4, -0.2) is 36.7 Å². The van der Waals surface area contributed by atoms with Crippen molar-refractivity contribution in [1.29, 1.82) is 0 Å². The molecule has 1 N–H and O–H groups in total. The Balaban J connectivity index is 2.01. The molecule has 124 valence electrons. The number of likely N-dealkylation sites (N-methyl/N-ethyl adjacent to an activating group) is 1. The van der Waals surface area contributed by atoms with Gasteiger partial charge in [-0.15, -0.1) is 0 Å². The Bertz CT molecular complexity index is 683. The largest absolute Gasteiger partial charge is 0.465 e. The molecule has 6 heteroatoms. The number of hydrogen-bond donors (Lipinski definition) is 1. The van der Waals surface area contributed by atoms with Gasteiger partial charge in [-0.25, -0.2) is 9.18 Å². The van der Waals surface area contributed by atoms with Crippen molar-refractivity contribution in [1.82, 2.24) is 4.90 Å². The van der Waals surface area contributed by atoms with Gasteiger partial charge >= 0.3 is 5.97 Å². The fraction of sp³-hybridized carbons (Fsp3) is 0.353. The number of aryl methyl sites for hydroxylation is 1. The van der Waals surface area contributed by atoms with Crippen molar-refractivity contribution in [3.05, 3.63) is 58.8 Å². The van der Waals surface area contributed by atoms with Crippen molar-refractivity contribution in [3.63, 3.8) is 0 Å². The van der Waals surface area contributed by atoms with E-state index in [1.807, 2.05) is 0 Å². The van der Waals surface area contributed by atoms with Gasteiger partial charge in [0, 0.05) is 12.1 Å². The van der Waals surface area contributed by atoms with Crippen LogP contribution in [0.15, 0.2) is 34.7 Å². The van der Waals surface area contributed by atoms with Crippen LogP contribution in [0.4, 0.5) is 4.39 Å². The molecule has 23 heavy (non-hydrogen) atoms. The smallest absolute Gasteiger partial charge is 0.341 e. The zero-order valence-electron chi connectivity index (χ0n) is 13.4. The van der Waals surface area contributed by atoms with Crippen LogP contribution in [0.3, 0.4) is 0 Å². The van der Waals surface area contributed by atoms with Crippen LogP contribution in [0.2, 0.25) is 0 Å². The van der Waals surface area contributed by atoms with E-state index in [0.717, 1.165) is 0 Å². The van der Waals surface area contributed by atoms with Crippen LogP contribution in [0.25, 0.3) is 0 Å². The van der Waals surface area contributed by atoms with Gasteiger partial charge in [-0.3, -0.25) is 4.90 Å². The lowest BCUT2D eigenvalue weighted by molar-refractivity contribution is 0.0598. The lowest BCUT2D eigenvalue weighted by Crippen LogP contribution is -2.24. The summed E-state index contributed by atoms with van der Waals surface area (Å²) in [7, 11) is 3.09. The van der Waals surface area contributed by atoms with Crippen molar-refractivity contribution in [2.75, 3.05) is 20.7 Å². The second-order valence-electron chi connectivity index (χ2n) is 5.41. The van der Waals surface area contributed by atoms with E-state index < -0.39 is 17.9 Å². The first kappa shape index (κ1) is 17.2. The number of ether oxygens (including phenoxy) is 1. The number of esters is 1. The summed E-state index contributed by atoms with van der Waals surface area (Å²) in [5.41, 5.74) is 0.635. The number of aliphatic hydroxyl groups excluding tert-OH is 1. The molecule has 5 nitrogen and oxygen atoms in total. The second kappa shape index (κ2) is 7.39. The lowest BCUT2D eigenvalue weighted by Gasteiger charge is -2.20. The highest BCUT2D eigenvalue weighted by atomic mass is 19.1. The molecule has 1 aromatic heterocycles. The third kappa shape index (κ3) is 4.18. The van der Waals surface area contributed by atoms with E-state index in [4.69, 9.17) is 4.42 Å². The molecule has 1 aromatic carbocycles. The molecule has 1 heterocycles. The molecule has 2 rings (SSSR count). The Labute approximate surface area is 134 Å². The molecule has 1 atom stereocenters. The Morgan fingerprint density at radius 1 is 1.43 bits per heavy atom. The number of hydrogen-bond acceptors (Lipinski definition) is 5. The predicted molar refractivity (Wildman–Crippen MR) is 82.5 cm³/mol. The summed E-state index contributed by atoms with van der Waals surface area (Å²) in [6, 6.07) is 7.75. The highest BCUT2D eigenvalue weighted by Crippen LogP contribution is 2.20. The molecule has 0 saturated carbocycles. The maximum Gasteiger partial charge on any atom is 0.341 e. The van der Waals surface area contributed by atoms with Crippen molar-refractivity contribution in [3.8, 4) is 0 Å². The molecule has 0 saturated heterocycles. The van der Waals surface area contributed by atoms with E-state index in [9.17, 15) is 14.3 Å². The third-order valence-electron chi connectivity index (χ3n) is 3.55. The van der Waals surface area contributed by atoms with Crippen LogP contribution in [0.5, 0.6) is 0 Å². The van der Waals surface area contributed by atoms with Crippen molar-refractivity contribution in [2.45, 2.75) is 19.6 Å². The standard InChI is InChI=1S/C17H20FNO4/c1-11-14(17(21)22-3)8-12(23-11)9-19(2)10-16(20)13-6-4-5-7-15(13)18/h4-8,16,20H,9-10H2,1-3H3. The molecular weight excluding hydrogens is 301 g/mol. The van der Waals surface area contributed by atoms with Crippen molar-refractivity contribution < 1.29 is 23.4 Å². The molecule has 0 spiro atoms. The summed E-state index contributed by atoms with van der Waals surface area (Å²) in [4.78, 5) is 13.3. The molecule has 0 aliphatic carbocycles. The van der Waals surface area contributed by atoms with Crippen LogP contribution >= 0.6 is 0 Å². The van der Waals surface area contributed by atoms with Crippen LogP contribution in [0.1, 0.15) is 33.5 Å². The Kier molecular flexibility index (Phi) is 5.52. The second-order valence-corrected chi connectivity index (χ2v) is 5.41. The quantitative estimate of drug-likeness (QED) is 0.829. The molecule has 2 aromatic rings. The van der Waals surface area contributed by atoms with Crippen LogP contribution < -0.4 is 0 Å². The van der Waals surface area contributed by atoms with Gasteiger partial charge < -0.3 is 14.3 Å². The van der Waals surface area contributed by atoms with Gasteiger partial charge in [-0.2, -0.15) is 0 Å². The molecule has 0 amide bonds. The van der Waals surface area contributed by atoms with Gasteiger partial charge in [-0.1, -0.05) is 18.2 Å². The fourth-order valence-electron chi connectivity index (χ4n) is 2.40. The molecule has 1 unspecified atom stereocenters. The number of carbonyl (C=O) groups is 1. The highest BCUT2D eigenvalue weighted by molar-refractivity contribution is 5.90. The zero-order valence-corrected chi connectivity index (χ0v) is 13.4. The number of aliphatic hydroxyl groups is 1. The molecule has 0 radical (unpaired) electrons. The molecule has 0 fully saturated rings. The van der Waals surface area contributed by atoms with Crippen molar-refractivity contribution >= 4 is 5.97 Å². The SMILES string of the molecule is COC(=O)c1cc(CN(C)CC(O)c2ccccc2F)oc1C. The van der Waals surface area contributed by atoms with Gasteiger partial charge in [0.05, 0.1) is 19.8 Å². The normalized spacial score (nSPS) is 12.4. The summed E-state index contributed by atoms with van der Waals surface area (Å²) < 4.78 is 23.9. The summed E-state index contributed by atoms with van der Waals surface area (Å²) in [6.07, 6.45) is -0.947. The third-order valence-corrected chi connectivity index (χ3v) is 3.55. The monoisotopic (exact) mass is 321 g/mol. The fourth-order valence-corrected chi connectivity index (χ4v) is 2.40. The Morgan fingerprint density at radius 2 is 2.13 bits per heavy atom. The molecular formula is C17H20FNO4. The van der Waals surface area contributed by atoms with E-state index in [1.54, 1.807) is 43.1 Å². The van der Waals surface area contributed by atoms with Gasteiger partial charge in [0.15, 0.2) is 0 Å². The first-order valence-corrected chi connectivity index (χ1v) is 7.21. The number of halogens is 1. The average Bonchev–Trinajstić information content (AvgIpc) is 2.87. The minimum atomic E-state index is -0.947. The maximum atomic E-state index is 13.7. The predicted octanol–water partition coefficient (Wildman–Crippen LogP) is 2.68. The van der Waals surface area contributed by atoms with E-state index >= 15 is 0 Å². The summed E-state index contributed by atoms with van der Waals surface area (Å²) >= 11 is 0. The Morgan fingerprint density at radius 3 is 2.78 bits per heavy atom. The summed E-state index contributed by atoms with van der Waals surface area (Å²) in [5, 5.41) is 10.1. The highest BCUT2D eigenvalue weighted by Gasteiger charge is 2.18. The number of nitrogens with zero attached hydrogens (tertiary/aromatic N) is 1. The number of carbonyl (C=O) groups excluding carboxylic acids is 1. The van der Waals surface area contributed by atoms with Gasteiger partial charge in [0.1, 0.15) is 22.9 Å². The van der Waals surface area contributed by atoms with Crippen LogP contribution in [-0.2, 0) is 11.3 Å². The number of furan rings is 1. The molecule has 0 bridgehead atoms. The van der Waals surface area contributed by atoms with Gasteiger partial charge in [0.2, 0.25) is 0 Å². The van der Waals surface area contributed by atoms with E-state index in [-0.39, 0.29) is 12.1 Å². The number of methoxy groups -OCH3 is 1. The van der Waals surface area contributed by atoms with Gasteiger partial charge in [0.25, 0.3) is 0 Å². The number of rotatable bonds is 6. The minimum Gasteiger partial charge on any atom is -0.465 e. The summed E-state index contributed by atoms with van der Waals surface area (Å²) in [6.45, 7) is 2.29. The number of benzene rings is 1. The first-order valence-electron chi connectivity index (χ1n) is 7.21. The topological polar surface area (TPSA) is 62.9 Å². The Hall–Kier alpha value is -2.18. The zero-order chi connectivity index (χ0) is 17.0. The average molecular weight is 321 g/mol. The van der Waals surface area contributed by atoms with Crippen LogP contribution in [0, 0.1) is 12.7 Å². The van der Waals surface area contributed by atoms with Crippen molar-refractivity contribution in [2.24, 2.45) is 0 Å². The van der Waals surface area contributed by atoms with E-state index in [0.29, 0.717) is 23.6 Å². The van der Waals surface area contributed by atoms with E-state index in [1.165, 1.54) is 13.2 Å². The van der Waals surface area contributed by atoms with E-state index in [2.05, 4.69) is 4.74 Å². The minimum absolute atomic E-state index is 0.230. The maximum absolute atomic E-state index is 13.7. The molecule has 0 aliphatic heterocycles. The first-order chi connectivity index (χ1) is 10.9.